The molecule has 1 aliphatic carbocycles. The fraction of sp³-hybridized carbons (Fsp3) is 0.316. The topological polar surface area (TPSA) is 61.6 Å². The number of fused-ring (bicyclic) bond motifs is 1. The van der Waals surface area contributed by atoms with Gasteiger partial charge in [-0.15, -0.1) is 11.3 Å². The van der Waals surface area contributed by atoms with Crippen molar-refractivity contribution in [1.29, 1.82) is 0 Å². The molecule has 3 aromatic heterocycles. The highest BCUT2D eigenvalue weighted by atomic mass is 32.1. The molecule has 0 bridgehead atoms. The number of aromatic amines is 1. The van der Waals surface area contributed by atoms with Crippen molar-refractivity contribution in [3.8, 4) is 10.4 Å². The van der Waals surface area contributed by atoms with Gasteiger partial charge < -0.3 is 4.90 Å². The molecule has 3 unspecified atom stereocenters. The molecule has 1 saturated carbocycles. The summed E-state index contributed by atoms with van der Waals surface area (Å²) in [4.78, 5) is 19.9. The molecule has 2 fully saturated rings. The summed E-state index contributed by atoms with van der Waals surface area (Å²) in [6, 6.07) is 7.14. The van der Waals surface area contributed by atoms with Crippen molar-refractivity contribution in [1.82, 2.24) is 20.1 Å². The van der Waals surface area contributed by atoms with Gasteiger partial charge in [0.15, 0.2) is 5.67 Å². The quantitative estimate of drug-likeness (QED) is 0.716. The lowest BCUT2D eigenvalue weighted by atomic mass is 9.95. The van der Waals surface area contributed by atoms with Crippen molar-refractivity contribution in [2.24, 2.45) is 0 Å². The first-order valence-electron chi connectivity index (χ1n) is 8.53. The number of carbonyl (C=O) groups excluding carboxylic acids is 1. The minimum absolute atomic E-state index is 0.0217. The highest BCUT2D eigenvalue weighted by Gasteiger charge is 2.72. The molecule has 4 heterocycles. The normalized spacial score (nSPS) is 29.6. The van der Waals surface area contributed by atoms with Crippen LogP contribution in [0.5, 0.6) is 0 Å². The van der Waals surface area contributed by atoms with E-state index in [1.807, 2.05) is 29.3 Å². The van der Waals surface area contributed by atoms with Crippen LogP contribution < -0.4 is 0 Å². The van der Waals surface area contributed by atoms with Crippen molar-refractivity contribution in [3.63, 3.8) is 0 Å². The number of alkyl halides is 1. The molecule has 1 amide bonds. The lowest BCUT2D eigenvalue weighted by molar-refractivity contribution is 0.0736. The second-order valence-corrected chi connectivity index (χ2v) is 8.21. The van der Waals surface area contributed by atoms with Gasteiger partial charge in [-0.1, -0.05) is 6.07 Å². The largest absolute Gasteiger partial charge is 0.326 e. The first kappa shape index (κ1) is 15.7. The molecule has 1 aliphatic heterocycles. The van der Waals surface area contributed by atoms with Crippen LogP contribution in [0.3, 0.4) is 0 Å². The van der Waals surface area contributed by atoms with Gasteiger partial charge >= 0.3 is 0 Å². The zero-order valence-electron chi connectivity index (χ0n) is 14.1. The Kier molecular flexibility index (Phi) is 3.16. The molecular weight excluding hydrogens is 351 g/mol. The number of carbonyl (C=O) groups is 1. The van der Waals surface area contributed by atoms with Gasteiger partial charge in [-0.05, 0) is 25.1 Å². The zero-order valence-corrected chi connectivity index (χ0v) is 15.0. The van der Waals surface area contributed by atoms with E-state index in [0.29, 0.717) is 24.1 Å². The van der Waals surface area contributed by atoms with Gasteiger partial charge in [0.25, 0.3) is 5.91 Å². The molecule has 0 aromatic carbocycles. The molecular formula is C19H17FN4OS. The van der Waals surface area contributed by atoms with Crippen molar-refractivity contribution >= 4 is 17.2 Å². The number of rotatable bonds is 3. The smallest absolute Gasteiger partial charge is 0.255 e. The van der Waals surface area contributed by atoms with E-state index in [-0.39, 0.29) is 11.9 Å². The van der Waals surface area contributed by atoms with E-state index in [2.05, 4.69) is 15.2 Å². The number of likely N-dealkylation sites (tertiary alicyclic amines) is 1. The number of nitrogens with one attached hydrogen (secondary N) is 1. The maximum absolute atomic E-state index is 15.4. The predicted molar refractivity (Wildman–Crippen MR) is 96.5 cm³/mol. The molecule has 7 heteroatoms. The molecule has 26 heavy (non-hydrogen) atoms. The molecule has 5 nitrogen and oxygen atoms in total. The molecule has 3 aromatic rings. The number of nitrogens with zero attached hydrogens (tertiary/aromatic N) is 3. The molecule has 0 radical (unpaired) electrons. The summed E-state index contributed by atoms with van der Waals surface area (Å²) in [7, 11) is 0. The van der Waals surface area contributed by atoms with Gasteiger partial charge in [-0.25, -0.2) is 4.39 Å². The fourth-order valence-electron chi connectivity index (χ4n) is 4.28. The number of pyridine rings is 1. The van der Waals surface area contributed by atoms with Gasteiger partial charge in [0.05, 0.1) is 29.0 Å². The summed E-state index contributed by atoms with van der Waals surface area (Å²) >= 11 is 1.51. The van der Waals surface area contributed by atoms with Crippen LogP contribution in [-0.2, 0) is 5.67 Å². The van der Waals surface area contributed by atoms with Gasteiger partial charge in [-0.2, -0.15) is 5.10 Å². The highest BCUT2D eigenvalue weighted by molar-refractivity contribution is 7.13. The monoisotopic (exact) mass is 368 g/mol. The summed E-state index contributed by atoms with van der Waals surface area (Å²) in [6.07, 6.45) is 5.77. The Hall–Kier alpha value is -2.54. The summed E-state index contributed by atoms with van der Waals surface area (Å²) < 4.78 is 15.4. The number of hydrogen-bond donors (Lipinski definition) is 1. The number of halogens is 1. The number of hydrogen-bond acceptors (Lipinski definition) is 4. The molecule has 2 aliphatic rings. The van der Waals surface area contributed by atoms with E-state index in [1.165, 1.54) is 11.3 Å². The third-order valence-electron chi connectivity index (χ3n) is 5.64. The zero-order chi connectivity index (χ0) is 17.9. The summed E-state index contributed by atoms with van der Waals surface area (Å²) in [5.41, 5.74) is 0.210. The number of aromatic nitrogens is 3. The standard InChI is InChI=1S/C19H17FN4OS/c1-18-11-19(20,15-4-2-3-5-21-15)7-16(18)24(18)17(25)12-6-14(26-10-12)13-8-22-23-9-13/h2-6,8-10,16H,7,11H2,1H3,(H,22,23). The fourth-order valence-corrected chi connectivity index (χ4v) is 5.15. The Bertz CT molecular complexity index is 973. The molecule has 3 atom stereocenters. The lowest BCUT2D eigenvalue weighted by Crippen LogP contribution is -2.31. The molecule has 5 rings (SSSR count). The highest BCUT2D eigenvalue weighted by Crippen LogP contribution is 2.61. The third kappa shape index (κ3) is 2.16. The van der Waals surface area contributed by atoms with Gasteiger partial charge in [-0.3, -0.25) is 14.9 Å². The Morgan fingerprint density at radius 1 is 1.46 bits per heavy atom. The van der Waals surface area contributed by atoms with Crippen LogP contribution in [0.25, 0.3) is 10.4 Å². The van der Waals surface area contributed by atoms with Gasteiger partial charge in [0.1, 0.15) is 0 Å². The van der Waals surface area contributed by atoms with Crippen molar-refractivity contribution in [2.75, 3.05) is 0 Å². The van der Waals surface area contributed by atoms with E-state index in [0.717, 1.165) is 10.4 Å². The van der Waals surface area contributed by atoms with Crippen molar-refractivity contribution in [2.45, 2.75) is 37.0 Å². The Morgan fingerprint density at radius 3 is 3.00 bits per heavy atom. The van der Waals surface area contributed by atoms with Crippen LogP contribution in [-0.4, -0.2) is 37.6 Å². The Labute approximate surface area is 153 Å². The molecule has 132 valence electrons. The van der Waals surface area contributed by atoms with Crippen molar-refractivity contribution in [3.05, 3.63) is 59.5 Å². The second-order valence-electron chi connectivity index (χ2n) is 7.30. The average Bonchev–Trinajstić information content (AvgIpc) is 3.19. The summed E-state index contributed by atoms with van der Waals surface area (Å²) in [5.74, 6) is -0.0217. The van der Waals surface area contributed by atoms with Crippen LogP contribution in [0.4, 0.5) is 4.39 Å². The van der Waals surface area contributed by atoms with Crippen LogP contribution in [0.2, 0.25) is 0 Å². The maximum atomic E-state index is 15.4. The maximum Gasteiger partial charge on any atom is 0.255 e. The predicted octanol–water partition coefficient (Wildman–Crippen LogP) is 3.78. The molecule has 1 saturated heterocycles. The van der Waals surface area contributed by atoms with Crippen molar-refractivity contribution < 1.29 is 9.18 Å². The number of amides is 1. The third-order valence-corrected chi connectivity index (χ3v) is 6.62. The van der Waals surface area contributed by atoms with Crippen LogP contribution in [0.15, 0.2) is 48.2 Å². The Balaban J connectivity index is 1.36. The second kappa shape index (κ2) is 5.23. The van der Waals surface area contributed by atoms with Crippen LogP contribution >= 0.6 is 11.3 Å². The number of piperidine rings is 1. The summed E-state index contributed by atoms with van der Waals surface area (Å²) in [5, 5.41) is 8.58. The first-order chi connectivity index (χ1) is 12.5. The van der Waals surface area contributed by atoms with Gasteiger partial charge in [0.2, 0.25) is 0 Å². The van der Waals surface area contributed by atoms with E-state index in [1.54, 1.807) is 30.7 Å². The van der Waals surface area contributed by atoms with Crippen LogP contribution in [0, 0.1) is 0 Å². The summed E-state index contributed by atoms with van der Waals surface area (Å²) in [6.45, 7) is 1.98. The van der Waals surface area contributed by atoms with E-state index >= 15 is 4.39 Å². The first-order valence-corrected chi connectivity index (χ1v) is 9.41. The SMILES string of the molecule is CC12CC(F)(c3ccccn3)CC1N2C(=O)c1csc(-c2cn[nH]c2)c1. The molecule has 1 N–H and O–H groups in total. The lowest BCUT2D eigenvalue weighted by Gasteiger charge is -2.25. The van der Waals surface area contributed by atoms with Crippen LogP contribution in [0.1, 0.15) is 35.8 Å². The van der Waals surface area contributed by atoms with Gasteiger partial charge in [0, 0.05) is 41.1 Å². The molecule has 0 spiro atoms. The number of thiophene rings is 1. The minimum atomic E-state index is -1.45. The minimum Gasteiger partial charge on any atom is -0.326 e. The Morgan fingerprint density at radius 2 is 2.35 bits per heavy atom. The average molecular weight is 368 g/mol. The van der Waals surface area contributed by atoms with E-state index in [9.17, 15) is 4.79 Å². The van der Waals surface area contributed by atoms with E-state index in [4.69, 9.17) is 0 Å². The van der Waals surface area contributed by atoms with E-state index < -0.39 is 11.2 Å². The number of H-pyrrole nitrogens is 1.